The second-order valence-corrected chi connectivity index (χ2v) is 4.59. The van der Waals surface area contributed by atoms with Crippen molar-refractivity contribution in [3.63, 3.8) is 0 Å². The molecule has 13 heavy (non-hydrogen) atoms. The summed E-state index contributed by atoms with van der Waals surface area (Å²) in [5.41, 5.74) is 5.71. The highest BCUT2D eigenvalue weighted by atomic mass is 15.2. The van der Waals surface area contributed by atoms with Crippen molar-refractivity contribution in [3.05, 3.63) is 0 Å². The summed E-state index contributed by atoms with van der Waals surface area (Å²) >= 11 is 0. The van der Waals surface area contributed by atoms with Crippen LogP contribution in [0.25, 0.3) is 0 Å². The molecule has 3 N–H and O–H groups in total. The molecule has 2 saturated carbocycles. The van der Waals surface area contributed by atoms with E-state index >= 15 is 0 Å². The molecule has 0 bridgehead atoms. The normalized spacial score (nSPS) is 33.5. The van der Waals surface area contributed by atoms with Gasteiger partial charge in [0, 0.05) is 31.2 Å². The highest BCUT2D eigenvalue weighted by molar-refractivity contribution is 4.88. The molecule has 2 aliphatic carbocycles. The summed E-state index contributed by atoms with van der Waals surface area (Å²) in [5, 5.41) is 3.54. The average Bonchev–Trinajstić information content (AvgIpc) is 2.82. The highest BCUT2D eigenvalue weighted by Crippen LogP contribution is 2.24. The monoisotopic (exact) mass is 183 g/mol. The van der Waals surface area contributed by atoms with Gasteiger partial charge in [0.1, 0.15) is 0 Å². The summed E-state index contributed by atoms with van der Waals surface area (Å²) < 4.78 is 0. The number of nitrogens with two attached hydrogens (primary N) is 1. The summed E-state index contributed by atoms with van der Waals surface area (Å²) in [6.45, 7) is 2.32. The fourth-order valence-electron chi connectivity index (χ4n) is 1.97. The first kappa shape index (κ1) is 9.44. The van der Waals surface area contributed by atoms with Gasteiger partial charge in [0.05, 0.1) is 0 Å². The number of rotatable bonds is 5. The van der Waals surface area contributed by atoms with Gasteiger partial charge in [-0.15, -0.1) is 0 Å². The first-order chi connectivity index (χ1) is 6.25. The van der Waals surface area contributed by atoms with Crippen LogP contribution in [0.4, 0.5) is 0 Å². The zero-order chi connectivity index (χ0) is 9.26. The summed E-state index contributed by atoms with van der Waals surface area (Å²) in [6.07, 6.45) is 5.16. The van der Waals surface area contributed by atoms with Gasteiger partial charge in [0.25, 0.3) is 0 Å². The fourth-order valence-corrected chi connectivity index (χ4v) is 1.97. The van der Waals surface area contributed by atoms with Gasteiger partial charge in [0.15, 0.2) is 0 Å². The quantitative estimate of drug-likeness (QED) is 0.638. The van der Waals surface area contributed by atoms with E-state index in [-0.39, 0.29) is 0 Å². The van der Waals surface area contributed by atoms with Crippen molar-refractivity contribution < 1.29 is 0 Å². The van der Waals surface area contributed by atoms with Crippen molar-refractivity contribution in [2.75, 3.05) is 20.1 Å². The molecule has 3 heteroatoms. The Hall–Kier alpha value is -0.120. The summed E-state index contributed by atoms with van der Waals surface area (Å²) in [6, 6.07) is 2.08. The van der Waals surface area contributed by atoms with Gasteiger partial charge < -0.3 is 16.0 Å². The lowest BCUT2D eigenvalue weighted by Crippen LogP contribution is -2.49. The molecule has 0 unspecified atom stereocenters. The third kappa shape index (κ3) is 2.66. The Balaban J connectivity index is 1.48. The van der Waals surface area contributed by atoms with Gasteiger partial charge in [-0.05, 0) is 32.7 Å². The lowest BCUT2D eigenvalue weighted by molar-refractivity contribution is 0.264. The van der Waals surface area contributed by atoms with Crippen LogP contribution >= 0.6 is 0 Å². The van der Waals surface area contributed by atoms with Crippen molar-refractivity contribution in [2.45, 2.75) is 43.8 Å². The molecule has 76 valence electrons. The number of hydrogen-bond donors (Lipinski definition) is 2. The van der Waals surface area contributed by atoms with E-state index in [2.05, 4.69) is 17.3 Å². The molecule has 0 aromatic carbocycles. The Morgan fingerprint density at radius 3 is 2.62 bits per heavy atom. The second kappa shape index (κ2) is 3.95. The van der Waals surface area contributed by atoms with Crippen LogP contribution in [0.15, 0.2) is 0 Å². The molecular weight excluding hydrogens is 162 g/mol. The Labute approximate surface area is 80.7 Å². The van der Waals surface area contributed by atoms with E-state index in [1.807, 2.05) is 0 Å². The summed E-state index contributed by atoms with van der Waals surface area (Å²) in [5.74, 6) is 0. The second-order valence-electron chi connectivity index (χ2n) is 4.59. The molecule has 2 aliphatic rings. The molecule has 0 saturated heterocycles. The van der Waals surface area contributed by atoms with Crippen LogP contribution in [0.1, 0.15) is 25.7 Å². The molecular formula is C10H21N3. The zero-order valence-electron chi connectivity index (χ0n) is 8.50. The minimum Gasteiger partial charge on any atom is -0.328 e. The van der Waals surface area contributed by atoms with Gasteiger partial charge in [-0.1, -0.05) is 0 Å². The predicted molar refractivity (Wildman–Crippen MR) is 54.7 cm³/mol. The smallest absolute Gasteiger partial charge is 0.0107 e. The van der Waals surface area contributed by atoms with Crippen LogP contribution in [-0.2, 0) is 0 Å². The van der Waals surface area contributed by atoms with Crippen LogP contribution in [0.3, 0.4) is 0 Å². The van der Waals surface area contributed by atoms with Gasteiger partial charge in [-0.3, -0.25) is 0 Å². The topological polar surface area (TPSA) is 41.3 Å². The van der Waals surface area contributed by atoms with Crippen molar-refractivity contribution in [2.24, 2.45) is 5.73 Å². The largest absolute Gasteiger partial charge is 0.328 e. The molecule has 0 aromatic heterocycles. The predicted octanol–water partition coefficient (Wildman–Crippen LogP) is 0.160. The van der Waals surface area contributed by atoms with Gasteiger partial charge in [-0.25, -0.2) is 0 Å². The van der Waals surface area contributed by atoms with Crippen LogP contribution < -0.4 is 11.1 Å². The maximum Gasteiger partial charge on any atom is 0.0107 e. The summed E-state index contributed by atoms with van der Waals surface area (Å²) in [4.78, 5) is 2.46. The van der Waals surface area contributed by atoms with Crippen LogP contribution in [-0.4, -0.2) is 43.2 Å². The molecule has 3 nitrogen and oxygen atoms in total. The van der Waals surface area contributed by atoms with Gasteiger partial charge in [-0.2, -0.15) is 0 Å². The maximum absolute atomic E-state index is 5.71. The molecule has 0 aromatic rings. The van der Waals surface area contributed by atoms with Crippen LogP contribution in [0, 0.1) is 0 Å². The van der Waals surface area contributed by atoms with Crippen molar-refractivity contribution in [1.82, 2.24) is 10.2 Å². The van der Waals surface area contributed by atoms with E-state index in [0.717, 1.165) is 12.6 Å². The Kier molecular flexibility index (Phi) is 2.86. The van der Waals surface area contributed by atoms with Crippen molar-refractivity contribution >= 4 is 0 Å². The number of hydrogen-bond acceptors (Lipinski definition) is 3. The molecule has 2 rings (SSSR count). The van der Waals surface area contributed by atoms with Crippen LogP contribution in [0.2, 0.25) is 0 Å². The Morgan fingerprint density at radius 1 is 1.38 bits per heavy atom. The van der Waals surface area contributed by atoms with E-state index < -0.39 is 0 Å². The summed E-state index contributed by atoms with van der Waals surface area (Å²) in [7, 11) is 2.23. The lowest BCUT2D eigenvalue weighted by atomic mass is 9.88. The molecule has 0 amide bonds. The minimum atomic E-state index is 0.471. The minimum absolute atomic E-state index is 0.471. The zero-order valence-corrected chi connectivity index (χ0v) is 8.50. The number of nitrogens with one attached hydrogen (secondary N) is 1. The first-order valence-electron chi connectivity index (χ1n) is 5.45. The van der Waals surface area contributed by atoms with E-state index in [0.29, 0.717) is 12.1 Å². The molecule has 0 atom stereocenters. The van der Waals surface area contributed by atoms with Gasteiger partial charge in [0.2, 0.25) is 0 Å². The molecule has 0 spiro atoms. The fraction of sp³-hybridized carbons (Fsp3) is 1.00. The van der Waals surface area contributed by atoms with E-state index in [9.17, 15) is 0 Å². The molecule has 0 heterocycles. The van der Waals surface area contributed by atoms with Crippen molar-refractivity contribution in [3.8, 4) is 0 Å². The molecule has 0 radical (unpaired) electrons. The highest BCUT2D eigenvalue weighted by Gasteiger charge is 2.27. The van der Waals surface area contributed by atoms with E-state index in [4.69, 9.17) is 5.73 Å². The van der Waals surface area contributed by atoms with Crippen LogP contribution in [0.5, 0.6) is 0 Å². The number of nitrogens with zero attached hydrogens (tertiary/aromatic N) is 1. The Morgan fingerprint density at radius 2 is 2.08 bits per heavy atom. The van der Waals surface area contributed by atoms with E-state index in [1.165, 1.54) is 32.2 Å². The standard InChI is InChI=1S/C10H21N3/c1-13(10-2-3-10)5-4-12-9-6-8(11)7-9/h8-10,12H,2-7,11H2,1H3. The molecule has 0 aliphatic heterocycles. The van der Waals surface area contributed by atoms with Crippen molar-refractivity contribution in [1.29, 1.82) is 0 Å². The Bertz CT molecular complexity index is 162. The third-order valence-corrected chi connectivity index (χ3v) is 3.24. The maximum atomic E-state index is 5.71. The molecule has 2 fully saturated rings. The third-order valence-electron chi connectivity index (χ3n) is 3.24. The SMILES string of the molecule is CN(CCNC1CC(N)C1)C1CC1. The first-order valence-corrected chi connectivity index (χ1v) is 5.45. The van der Waals surface area contributed by atoms with E-state index in [1.54, 1.807) is 0 Å². The van der Waals surface area contributed by atoms with Gasteiger partial charge >= 0.3 is 0 Å². The average molecular weight is 183 g/mol. The lowest BCUT2D eigenvalue weighted by Gasteiger charge is -2.33. The number of likely N-dealkylation sites (N-methyl/N-ethyl adjacent to an activating group) is 1.